The van der Waals surface area contributed by atoms with Crippen molar-refractivity contribution in [2.75, 3.05) is 18.5 Å². The molecular formula is C18H27BrO2. The SMILES string of the molecule is BrCCCCCCCCCCc1ccc2c(c1)OCCO2. The number of benzene rings is 1. The van der Waals surface area contributed by atoms with Gasteiger partial charge < -0.3 is 9.47 Å². The van der Waals surface area contributed by atoms with Crippen LogP contribution in [0.3, 0.4) is 0 Å². The van der Waals surface area contributed by atoms with E-state index in [0.29, 0.717) is 13.2 Å². The van der Waals surface area contributed by atoms with Crippen LogP contribution in [-0.2, 0) is 6.42 Å². The lowest BCUT2D eigenvalue weighted by Crippen LogP contribution is -2.15. The molecule has 0 N–H and O–H groups in total. The highest BCUT2D eigenvalue weighted by molar-refractivity contribution is 9.09. The van der Waals surface area contributed by atoms with E-state index in [4.69, 9.17) is 9.47 Å². The van der Waals surface area contributed by atoms with E-state index < -0.39 is 0 Å². The highest BCUT2D eigenvalue weighted by atomic mass is 79.9. The van der Waals surface area contributed by atoms with E-state index in [9.17, 15) is 0 Å². The van der Waals surface area contributed by atoms with Gasteiger partial charge in [-0.3, -0.25) is 0 Å². The Morgan fingerprint density at radius 3 is 2.10 bits per heavy atom. The molecule has 0 bridgehead atoms. The van der Waals surface area contributed by atoms with Gasteiger partial charge in [-0.05, 0) is 37.0 Å². The quantitative estimate of drug-likeness (QED) is 0.407. The first-order valence-corrected chi connectivity index (χ1v) is 9.47. The second-order valence-corrected chi connectivity index (χ2v) is 6.54. The molecule has 0 radical (unpaired) electrons. The molecule has 1 heterocycles. The second kappa shape index (κ2) is 10.1. The molecule has 21 heavy (non-hydrogen) atoms. The van der Waals surface area contributed by atoms with Gasteiger partial charge in [-0.15, -0.1) is 0 Å². The van der Waals surface area contributed by atoms with Crippen LogP contribution in [0.5, 0.6) is 11.5 Å². The van der Waals surface area contributed by atoms with Crippen molar-refractivity contribution in [2.45, 2.75) is 57.8 Å². The Bertz CT molecular complexity index is 406. The molecule has 1 aromatic carbocycles. The molecule has 0 aliphatic carbocycles. The minimum absolute atomic E-state index is 0.669. The van der Waals surface area contributed by atoms with Crippen molar-refractivity contribution >= 4 is 15.9 Å². The zero-order chi connectivity index (χ0) is 14.8. The van der Waals surface area contributed by atoms with Crippen molar-refractivity contribution in [3.63, 3.8) is 0 Å². The maximum absolute atomic E-state index is 5.63. The lowest BCUT2D eigenvalue weighted by Gasteiger charge is -2.18. The van der Waals surface area contributed by atoms with E-state index in [1.54, 1.807) is 0 Å². The van der Waals surface area contributed by atoms with Gasteiger partial charge in [0, 0.05) is 5.33 Å². The molecule has 2 nitrogen and oxygen atoms in total. The molecule has 0 amide bonds. The van der Waals surface area contributed by atoms with Crippen LogP contribution in [0.2, 0.25) is 0 Å². The number of aryl methyl sites for hydroxylation is 1. The summed E-state index contributed by atoms with van der Waals surface area (Å²) < 4.78 is 11.2. The first kappa shape index (κ1) is 16.7. The Balaban J connectivity index is 1.54. The number of halogens is 1. The third-order valence-corrected chi connectivity index (χ3v) is 4.52. The molecule has 2 rings (SSSR count). The fraction of sp³-hybridized carbons (Fsp3) is 0.667. The minimum Gasteiger partial charge on any atom is -0.486 e. The van der Waals surface area contributed by atoms with Gasteiger partial charge in [-0.25, -0.2) is 0 Å². The normalized spacial score (nSPS) is 13.4. The van der Waals surface area contributed by atoms with Crippen LogP contribution >= 0.6 is 15.9 Å². The van der Waals surface area contributed by atoms with Gasteiger partial charge in [-0.1, -0.05) is 60.5 Å². The van der Waals surface area contributed by atoms with Crippen molar-refractivity contribution in [3.8, 4) is 11.5 Å². The van der Waals surface area contributed by atoms with Crippen LogP contribution in [0.15, 0.2) is 18.2 Å². The Morgan fingerprint density at radius 1 is 0.762 bits per heavy atom. The van der Waals surface area contributed by atoms with Crippen molar-refractivity contribution < 1.29 is 9.47 Å². The molecule has 118 valence electrons. The van der Waals surface area contributed by atoms with E-state index in [0.717, 1.165) is 23.2 Å². The average molecular weight is 355 g/mol. The van der Waals surface area contributed by atoms with Crippen molar-refractivity contribution in [1.82, 2.24) is 0 Å². The lowest BCUT2D eigenvalue weighted by molar-refractivity contribution is 0.171. The summed E-state index contributed by atoms with van der Waals surface area (Å²) in [5, 5.41) is 1.16. The summed E-state index contributed by atoms with van der Waals surface area (Å²) in [6.07, 6.45) is 12.0. The molecule has 0 aromatic heterocycles. The molecular weight excluding hydrogens is 328 g/mol. The predicted molar refractivity (Wildman–Crippen MR) is 91.9 cm³/mol. The van der Waals surface area contributed by atoms with E-state index in [1.165, 1.54) is 56.9 Å². The number of fused-ring (bicyclic) bond motifs is 1. The third-order valence-electron chi connectivity index (χ3n) is 3.96. The summed E-state index contributed by atoms with van der Waals surface area (Å²) in [5.74, 6) is 1.82. The summed E-state index contributed by atoms with van der Waals surface area (Å²) in [6.45, 7) is 1.34. The molecule has 0 fully saturated rings. The zero-order valence-electron chi connectivity index (χ0n) is 12.9. The Hall–Kier alpha value is -0.700. The molecule has 0 unspecified atom stereocenters. The lowest BCUT2D eigenvalue weighted by atomic mass is 10.0. The largest absolute Gasteiger partial charge is 0.486 e. The first-order chi connectivity index (χ1) is 10.4. The molecule has 0 atom stereocenters. The molecule has 1 aromatic rings. The topological polar surface area (TPSA) is 18.5 Å². The van der Waals surface area contributed by atoms with Gasteiger partial charge >= 0.3 is 0 Å². The Kier molecular flexibility index (Phi) is 8.01. The Labute approximate surface area is 137 Å². The second-order valence-electron chi connectivity index (χ2n) is 5.75. The third kappa shape index (κ3) is 6.29. The van der Waals surface area contributed by atoms with Gasteiger partial charge in [0.1, 0.15) is 13.2 Å². The van der Waals surface area contributed by atoms with Crippen LogP contribution in [-0.4, -0.2) is 18.5 Å². The number of ether oxygens (including phenoxy) is 2. The molecule has 1 aliphatic heterocycles. The number of hydrogen-bond acceptors (Lipinski definition) is 2. The summed E-state index contributed by atoms with van der Waals surface area (Å²) in [6, 6.07) is 6.37. The molecule has 0 saturated heterocycles. The standard InChI is InChI=1S/C18H27BrO2/c19-12-8-6-4-2-1-3-5-7-9-16-10-11-17-18(15-16)21-14-13-20-17/h10-11,15H,1-9,12-14H2. The predicted octanol–water partition coefficient (Wildman–Crippen LogP) is 5.52. The van der Waals surface area contributed by atoms with Crippen LogP contribution in [0.1, 0.15) is 56.9 Å². The van der Waals surface area contributed by atoms with Crippen LogP contribution < -0.4 is 9.47 Å². The molecule has 0 spiro atoms. The molecule has 1 aliphatic rings. The van der Waals surface area contributed by atoms with E-state index in [2.05, 4.69) is 28.1 Å². The van der Waals surface area contributed by atoms with E-state index >= 15 is 0 Å². The number of alkyl halides is 1. The van der Waals surface area contributed by atoms with Gasteiger partial charge in [0.05, 0.1) is 0 Å². The average Bonchev–Trinajstić information content (AvgIpc) is 2.53. The monoisotopic (exact) mass is 354 g/mol. The van der Waals surface area contributed by atoms with Gasteiger partial charge in [0.15, 0.2) is 11.5 Å². The maximum atomic E-state index is 5.63. The first-order valence-electron chi connectivity index (χ1n) is 8.34. The fourth-order valence-corrected chi connectivity index (χ4v) is 3.12. The van der Waals surface area contributed by atoms with Crippen LogP contribution in [0.25, 0.3) is 0 Å². The fourth-order valence-electron chi connectivity index (χ4n) is 2.73. The van der Waals surface area contributed by atoms with Crippen LogP contribution in [0.4, 0.5) is 0 Å². The highest BCUT2D eigenvalue weighted by Gasteiger charge is 2.11. The summed E-state index contributed by atoms with van der Waals surface area (Å²) in [4.78, 5) is 0. The number of hydrogen-bond donors (Lipinski definition) is 0. The summed E-state index contributed by atoms with van der Waals surface area (Å²) in [7, 11) is 0. The van der Waals surface area contributed by atoms with Crippen molar-refractivity contribution in [3.05, 3.63) is 23.8 Å². The number of unbranched alkanes of at least 4 members (excludes halogenated alkanes) is 7. The van der Waals surface area contributed by atoms with Crippen molar-refractivity contribution in [2.24, 2.45) is 0 Å². The van der Waals surface area contributed by atoms with Gasteiger partial charge in [-0.2, -0.15) is 0 Å². The molecule has 3 heteroatoms. The summed E-state index contributed by atoms with van der Waals surface area (Å²) in [5.41, 5.74) is 1.37. The highest BCUT2D eigenvalue weighted by Crippen LogP contribution is 2.31. The van der Waals surface area contributed by atoms with Crippen molar-refractivity contribution in [1.29, 1.82) is 0 Å². The summed E-state index contributed by atoms with van der Waals surface area (Å²) >= 11 is 3.48. The Morgan fingerprint density at radius 2 is 1.38 bits per heavy atom. The smallest absolute Gasteiger partial charge is 0.161 e. The van der Waals surface area contributed by atoms with Crippen LogP contribution in [0, 0.1) is 0 Å². The van der Waals surface area contributed by atoms with Gasteiger partial charge in [0.25, 0.3) is 0 Å². The maximum Gasteiger partial charge on any atom is 0.161 e. The van der Waals surface area contributed by atoms with E-state index in [-0.39, 0.29) is 0 Å². The van der Waals surface area contributed by atoms with Gasteiger partial charge in [0.2, 0.25) is 0 Å². The minimum atomic E-state index is 0.669. The number of rotatable bonds is 10. The zero-order valence-corrected chi connectivity index (χ0v) is 14.5. The molecule has 0 saturated carbocycles. The van der Waals surface area contributed by atoms with E-state index in [1.807, 2.05) is 6.07 Å².